The molecule has 1 atom stereocenters. The van der Waals surface area contributed by atoms with Crippen LogP contribution < -0.4 is 10.1 Å². The van der Waals surface area contributed by atoms with Crippen molar-refractivity contribution in [3.05, 3.63) is 30.3 Å². The second-order valence-electron chi connectivity index (χ2n) is 8.18. The highest BCUT2D eigenvalue weighted by Gasteiger charge is 2.25. The summed E-state index contributed by atoms with van der Waals surface area (Å²) in [4.78, 5) is 0. The van der Waals surface area contributed by atoms with Crippen LogP contribution in [0.3, 0.4) is 0 Å². The second-order valence-corrected chi connectivity index (χ2v) is 8.18. The molecule has 0 saturated heterocycles. The maximum atomic E-state index is 10.2. The first-order valence-corrected chi connectivity index (χ1v) is 8.56. The normalized spacial score (nSPS) is 13.7. The van der Waals surface area contributed by atoms with E-state index in [0.717, 1.165) is 12.1 Å². The molecule has 0 fully saturated rings. The number of tetrazole rings is 1. The first-order chi connectivity index (χ1) is 11.7. The van der Waals surface area contributed by atoms with Gasteiger partial charge in [-0.25, -0.2) is 0 Å². The SMILES string of the molecule is CC(C)(C)CC(C)(C)NCC(O)COc1nnnn1-c1ccccc1. The molecule has 1 aromatic carbocycles. The van der Waals surface area contributed by atoms with Crippen molar-refractivity contribution in [1.82, 2.24) is 25.5 Å². The number of hydrogen-bond donors (Lipinski definition) is 2. The molecule has 25 heavy (non-hydrogen) atoms. The molecule has 0 amide bonds. The number of para-hydroxylation sites is 1. The van der Waals surface area contributed by atoms with Crippen LogP contribution in [-0.4, -0.2) is 50.1 Å². The van der Waals surface area contributed by atoms with E-state index in [9.17, 15) is 5.11 Å². The van der Waals surface area contributed by atoms with Gasteiger partial charge in [-0.1, -0.05) is 44.1 Å². The van der Waals surface area contributed by atoms with Gasteiger partial charge >= 0.3 is 6.01 Å². The molecule has 7 nitrogen and oxygen atoms in total. The Kier molecular flexibility index (Phi) is 6.13. The van der Waals surface area contributed by atoms with E-state index in [2.05, 4.69) is 55.5 Å². The van der Waals surface area contributed by atoms with Gasteiger partial charge in [0.2, 0.25) is 0 Å². The molecular formula is C18H29N5O2. The third-order valence-corrected chi connectivity index (χ3v) is 3.63. The number of aromatic nitrogens is 4. The van der Waals surface area contributed by atoms with Crippen LogP contribution in [0.4, 0.5) is 0 Å². The first kappa shape index (κ1) is 19.3. The monoisotopic (exact) mass is 347 g/mol. The van der Waals surface area contributed by atoms with E-state index in [1.807, 2.05) is 30.3 Å². The molecule has 1 unspecified atom stereocenters. The number of benzene rings is 1. The third-order valence-electron chi connectivity index (χ3n) is 3.63. The van der Waals surface area contributed by atoms with Crippen LogP contribution in [0.15, 0.2) is 30.3 Å². The molecule has 2 rings (SSSR count). The Balaban J connectivity index is 1.85. The van der Waals surface area contributed by atoms with E-state index >= 15 is 0 Å². The Bertz CT molecular complexity index is 649. The average Bonchev–Trinajstić information content (AvgIpc) is 2.98. The molecule has 7 heteroatoms. The standard InChI is InChI=1S/C18H29N5O2/c1-17(2,3)13-18(4,5)19-11-15(24)12-25-16-20-21-22-23(16)14-9-7-6-8-10-14/h6-10,15,19,24H,11-13H2,1-5H3. The van der Waals surface area contributed by atoms with E-state index in [-0.39, 0.29) is 23.6 Å². The molecule has 2 aromatic rings. The van der Waals surface area contributed by atoms with Crippen LogP contribution in [-0.2, 0) is 0 Å². The van der Waals surface area contributed by atoms with Crippen LogP contribution in [0.2, 0.25) is 0 Å². The fraction of sp³-hybridized carbons (Fsp3) is 0.611. The summed E-state index contributed by atoms with van der Waals surface area (Å²) in [5.74, 6) is 0. The molecule has 0 radical (unpaired) electrons. The number of β-amino-alcohol motifs (C(OH)–C–C–N with tert-alkyl or cyclic N) is 1. The Morgan fingerprint density at radius 3 is 2.48 bits per heavy atom. The summed E-state index contributed by atoms with van der Waals surface area (Å²) in [5.41, 5.74) is 0.960. The second kappa shape index (κ2) is 7.93. The maximum absolute atomic E-state index is 10.2. The summed E-state index contributed by atoms with van der Waals surface area (Å²) in [6.07, 6.45) is 0.347. The first-order valence-electron chi connectivity index (χ1n) is 8.56. The molecule has 1 aromatic heterocycles. The molecular weight excluding hydrogens is 318 g/mol. The fourth-order valence-corrected chi connectivity index (χ4v) is 3.01. The molecule has 1 heterocycles. The maximum Gasteiger partial charge on any atom is 0.340 e. The van der Waals surface area contributed by atoms with Crippen molar-refractivity contribution in [2.75, 3.05) is 13.2 Å². The van der Waals surface area contributed by atoms with Gasteiger partial charge in [0.05, 0.1) is 5.69 Å². The third kappa shape index (κ3) is 6.43. The lowest BCUT2D eigenvalue weighted by Gasteiger charge is -2.34. The Morgan fingerprint density at radius 2 is 1.84 bits per heavy atom. The molecule has 0 aliphatic carbocycles. The number of rotatable bonds is 8. The average molecular weight is 347 g/mol. The minimum atomic E-state index is -0.653. The van der Waals surface area contributed by atoms with Crippen molar-refractivity contribution in [3.63, 3.8) is 0 Å². The van der Waals surface area contributed by atoms with E-state index in [1.165, 1.54) is 4.68 Å². The Hall–Kier alpha value is -1.99. The van der Waals surface area contributed by atoms with Crippen molar-refractivity contribution < 1.29 is 9.84 Å². The Labute approximate surface area is 149 Å². The zero-order valence-electron chi connectivity index (χ0n) is 15.7. The van der Waals surface area contributed by atoms with Crippen LogP contribution in [0.5, 0.6) is 6.01 Å². The summed E-state index contributed by atoms with van der Waals surface area (Å²) in [7, 11) is 0. The highest BCUT2D eigenvalue weighted by molar-refractivity contribution is 5.31. The van der Waals surface area contributed by atoms with E-state index in [1.54, 1.807) is 0 Å². The molecule has 0 bridgehead atoms. The minimum absolute atomic E-state index is 0.0646. The van der Waals surface area contributed by atoms with Crippen molar-refractivity contribution >= 4 is 0 Å². The highest BCUT2D eigenvalue weighted by atomic mass is 16.5. The summed E-state index contributed by atoms with van der Waals surface area (Å²) in [5, 5.41) is 25.0. The molecule has 0 aliphatic rings. The summed E-state index contributed by atoms with van der Waals surface area (Å²) in [6, 6.07) is 9.75. The van der Waals surface area contributed by atoms with E-state index < -0.39 is 6.10 Å². The number of hydrogen-bond acceptors (Lipinski definition) is 6. The molecule has 0 saturated carbocycles. The molecule has 0 spiro atoms. The van der Waals surface area contributed by atoms with Crippen LogP contribution in [0.1, 0.15) is 41.0 Å². The van der Waals surface area contributed by atoms with Crippen LogP contribution in [0, 0.1) is 5.41 Å². The fourth-order valence-electron chi connectivity index (χ4n) is 3.01. The summed E-state index contributed by atoms with van der Waals surface area (Å²) in [6.45, 7) is 11.5. The summed E-state index contributed by atoms with van der Waals surface area (Å²) >= 11 is 0. The van der Waals surface area contributed by atoms with Crippen molar-refractivity contribution in [1.29, 1.82) is 0 Å². The van der Waals surface area contributed by atoms with E-state index in [0.29, 0.717) is 6.54 Å². The van der Waals surface area contributed by atoms with Gasteiger partial charge in [0, 0.05) is 12.1 Å². The number of nitrogens with one attached hydrogen (secondary N) is 1. The predicted octanol–water partition coefficient (Wildman–Crippen LogP) is 2.21. The van der Waals surface area contributed by atoms with Gasteiger partial charge < -0.3 is 15.2 Å². The van der Waals surface area contributed by atoms with Crippen molar-refractivity contribution in [2.24, 2.45) is 5.41 Å². The van der Waals surface area contributed by atoms with Gasteiger partial charge in [-0.3, -0.25) is 0 Å². The lowest BCUT2D eigenvalue weighted by Crippen LogP contribution is -2.46. The minimum Gasteiger partial charge on any atom is -0.459 e. The lowest BCUT2D eigenvalue weighted by atomic mass is 9.82. The van der Waals surface area contributed by atoms with Gasteiger partial charge in [0.25, 0.3) is 0 Å². The number of aliphatic hydroxyl groups excluding tert-OH is 1. The zero-order valence-corrected chi connectivity index (χ0v) is 15.7. The molecule has 2 N–H and O–H groups in total. The smallest absolute Gasteiger partial charge is 0.340 e. The lowest BCUT2D eigenvalue weighted by molar-refractivity contribution is 0.0887. The molecule has 0 aliphatic heterocycles. The molecule has 138 valence electrons. The van der Waals surface area contributed by atoms with Crippen LogP contribution >= 0.6 is 0 Å². The van der Waals surface area contributed by atoms with Gasteiger partial charge in [0.1, 0.15) is 12.7 Å². The van der Waals surface area contributed by atoms with Gasteiger partial charge in [-0.15, -0.1) is 0 Å². The topological polar surface area (TPSA) is 85.1 Å². The van der Waals surface area contributed by atoms with Gasteiger partial charge in [0.15, 0.2) is 0 Å². The largest absolute Gasteiger partial charge is 0.459 e. The number of ether oxygens (including phenoxy) is 1. The predicted molar refractivity (Wildman–Crippen MR) is 96.8 cm³/mol. The van der Waals surface area contributed by atoms with E-state index in [4.69, 9.17) is 4.74 Å². The van der Waals surface area contributed by atoms with Gasteiger partial charge in [-0.2, -0.15) is 4.68 Å². The zero-order chi connectivity index (χ0) is 18.5. The van der Waals surface area contributed by atoms with Gasteiger partial charge in [-0.05, 0) is 48.2 Å². The van der Waals surface area contributed by atoms with Crippen molar-refractivity contribution in [2.45, 2.75) is 52.7 Å². The highest BCUT2D eigenvalue weighted by Crippen LogP contribution is 2.26. The van der Waals surface area contributed by atoms with Crippen molar-refractivity contribution in [3.8, 4) is 11.7 Å². The Morgan fingerprint density at radius 1 is 1.16 bits per heavy atom. The number of nitrogens with zero attached hydrogens (tertiary/aromatic N) is 4. The number of aliphatic hydroxyl groups is 1. The quantitative estimate of drug-likeness (QED) is 0.761. The summed E-state index contributed by atoms with van der Waals surface area (Å²) < 4.78 is 7.10. The van der Waals surface area contributed by atoms with Crippen LogP contribution in [0.25, 0.3) is 5.69 Å².